The minimum Gasteiger partial charge on any atom is -0.480 e. The molecule has 32 heavy (non-hydrogen) atoms. The summed E-state index contributed by atoms with van der Waals surface area (Å²) in [5.41, 5.74) is -1.67. The predicted octanol–water partition coefficient (Wildman–Crippen LogP) is 4.68. The highest BCUT2D eigenvalue weighted by atomic mass is 31.1. The number of aliphatic hydroxyl groups is 1. The number of rotatable bonds is 9. The topological polar surface area (TPSA) is 108 Å². The molecule has 0 amide bonds. The molecule has 3 N–H and O–H groups in total. The van der Waals surface area contributed by atoms with Crippen molar-refractivity contribution in [2.75, 3.05) is 0 Å². The molecule has 8 heteroatoms. The summed E-state index contributed by atoms with van der Waals surface area (Å²) in [6.45, 7) is 9.53. The number of benzene rings is 1. The molecule has 0 aliphatic carbocycles. The van der Waals surface area contributed by atoms with Crippen LogP contribution in [-0.2, 0) is 26.8 Å². The summed E-state index contributed by atoms with van der Waals surface area (Å²) in [7, 11) is -3.82. The lowest BCUT2D eigenvalue weighted by Gasteiger charge is -2.43. The molecule has 0 aliphatic heterocycles. The fourth-order valence-corrected chi connectivity index (χ4v) is 4.92. The Balaban J connectivity index is 2.82. The Morgan fingerprint density at radius 2 is 1.66 bits per heavy atom. The first-order chi connectivity index (χ1) is 14.7. The van der Waals surface area contributed by atoms with Crippen LogP contribution in [0.25, 0.3) is 0 Å². The molecule has 0 saturated carbocycles. The van der Waals surface area contributed by atoms with Gasteiger partial charge < -0.3 is 15.1 Å². The van der Waals surface area contributed by atoms with Gasteiger partial charge in [-0.1, -0.05) is 52.8 Å². The number of halogens is 1. The van der Waals surface area contributed by atoms with Crippen molar-refractivity contribution in [1.29, 1.82) is 0 Å². The number of carboxylic acids is 1. The van der Waals surface area contributed by atoms with Crippen molar-refractivity contribution in [2.24, 2.45) is 5.92 Å². The van der Waals surface area contributed by atoms with E-state index in [4.69, 9.17) is 0 Å². The van der Waals surface area contributed by atoms with Gasteiger partial charge in [-0.25, -0.2) is 4.39 Å². The predicted molar refractivity (Wildman–Crippen MR) is 123 cm³/mol. The molecule has 3 atom stereocenters. The third kappa shape index (κ3) is 5.28. The van der Waals surface area contributed by atoms with Gasteiger partial charge in [0.1, 0.15) is 11.4 Å². The molecule has 6 nitrogen and oxygen atoms in total. The Labute approximate surface area is 189 Å². The van der Waals surface area contributed by atoms with Gasteiger partial charge in [0.25, 0.3) is 0 Å². The molecule has 0 bridgehead atoms. The van der Waals surface area contributed by atoms with Crippen LogP contribution >= 0.6 is 8.03 Å². The normalized spacial score (nSPS) is 16.9. The maximum Gasteiger partial charge on any atom is 0.322 e. The van der Waals surface area contributed by atoms with Crippen LogP contribution in [0.5, 0.6) is 0 Å². The van der Waals surface area contributed by atoms with E-state index < -0.39 is 36.0 Å². The fraction of sp³-hybridized carbons (Fsp3) is 0.500. The zero-order chi connectivity index (χ0) is 24.3. The first-order valence-corrected chi connectivity index (χ1v) is 12.0. The summed E-state index contributed by atoms with van der Waals surface area (Å²) in [6, 6.07) is 10.2. The smallest absolute Gasteiger partial charge is 0.322 e. The SMILES string of the molecule is CC(C)CCC(C(=O)O)([PH](=O)O)C(O)(Cc1ccc(F)cc1)c1cccc(C(C)(C)C)n1. The van der Waals surface area contributed by atoms with Crippen molar-refractivity contribution in [2.45, 2.75) is 70.1 Å². The van der Waals surface area contributed by atoms with Gasteiger partial charge in [-0.05, 0) is 48.6 Å². The van der Waals surface area contributed by atoms with Gasteiger partial charge in [0.2, 0.25) is 8.03 Å². The van der Waals surface area contributed by atoms with Gasteiger partial charge in [-0.15, -0.1) is 0 Å². The first kappa shape index (κ1) is 26.2. The largest absolute Gasteiger partial charge is 0.480 e. The number of nitrogens with zero attached hydrogens (tertiary/aromatic N) is 1. The Kier molecular flexibility index (Phi) is 8.03. The molecule has 0 spiro atoms. The molecule has 1 aromatic heterocycles. The standard InChI is InChI=1S/C24H33FNO5P/c1-16(2)13-14-24(21(27)28,32(30)31)23(29,15-17-9-11-18(25)12-10-17)20-8-6-7-19(26-20)22(3,4)5/h6-12,16,29,32H,13-15H2,1-5H3,(H,27,28)(H,30,31). The Morgan fingerprint density at radius 3 is 2.12 bits per heavy atom. The lowest BCUT2D eigenvalue weighted by atomic mass is 9.75. The lowest BCUT2D eigenvalue weighted by Crippen LogP contribution is -2.56. The molecular weight excluding hydrogens is 432 g/mol. The third-order valence-corrected chi connectivity index (χ3v) is 7.45. The summed E-state index contributed by atoms with van der Waals surface area (Å²) in [5.74, 6) is -2.00. The van der Waals surface area contributed by atoms with E-state index in [1.54, 1.807) is 12.1 Å². The van der Waals surface area contributed by atoms with Crippen molar-refractivity contribution in [3.63, 3.8) is 0 Å². The maximum atomic E-state index is 13.5. The van der Waals surface area contributed by atoms with Crippen LogP contribution in [0.1, 0.15) is 64.4 Å². The van der Waals surface area contributed by atoms with Gasteiger partial charge in [0.15, 0.2) is 5.16 Å². The van der Waals surface area contributed by atoms with E-state index in [1.807, 2.05) is 34.6 Å². The number of pyridine rings is 1. The second-order valence-electron chi connectivity index (χ2n) is 9.77. The Hall–Kier alpha value is -2.08. The molecule has 1 aromatic carbocycles. The highest BCUT2D eigenvalue weighted by Gasteiger charge is 2.61. The lowest BCUT2D eigenvalue weighted by molar-refractivity contribution is -0.151. The van der Waals surface area contributed by atoms with E-state index in [-0.39, 0.29) is 24.5 Å². The average molecular weight is 466 g/mol. The zero-order valence-corrected chi connectivity index (χ0v) is 20.2. The zero-order valence-electron chi connectivity index (χ0n) is 19.2. The van der Waals surface area contributed by atoms with Crippen molar-refractivity contribution in [3.05, 3.63) is 65.2 Å². The number of carbonyl (C=O) groups is 1. The van der Waals surface area contributed by atoms with Gasteiger partial charge in [-0.2, -0.15) is 0 Å². The van der Waals surface area contributed by atoms with Crippen LogP contribution in [0, 0.1) is 11.7 Å². The quantitative estimate of drug-likeness (QED) is 0.465. The summed E-state index contributed by atoms with van der Waals surface area (Å²) in [6.07, 6.45) is -0.212. The minimum atomic E-state index is -3.82. The molecule has 2 aromatic rings. The fourth-order valence-electron chi connectivity index (χ4n) is 3.81. The number of hydrogen-bond donors (Lipinski definition) is 3. The van der Waals surface area contributed by atoms with E-state index in [0.29, 0.717) is 17.7 Å². The molecule has 2 rings (SSSR count). The monoisotopic (exact) mass is 465 g/mol. The average Bonchev–Trinajstić information content (AvgIpc) is 2.69. The number of aromatic nitrogens is 1. The third-order valence-electron chi connectivity index (χ3n) is 5.85. The van der Waals surface area contributed by atoms with Crippen molar-refractivity contribution >= 4 is 14.0 Å². The van der Waals surface area contributed by atoms with Gasteiger partial charge in [0.05, 0.1) is 5.69 Å². The van der Waals surface area contributed by atoms with E-state index in [9.17, 15) is 28.9 Å². The Bertz CT molecular complexity index is 957. The number of aliphatic carboxylic acids is 1. The molecule has 3 unspecified atom stereocenters. The molecule has 0 aliphatic rings. The van der Waals surface area contributed by atoms with Gasteiger partial charge in [-0.3, -0.25) is 14.3 Å². The first-order valence-electron chi connectivity index (χ1n) is 10.7. The van der Waals surface area contributed by atoms with E-state index in [2.05, 4.69) is 4.98 Å². The van der Waals surface area contributed by atoms with Crippen LogP contribution in [0.3, 0.4) is 0 Å². The molecule has 0 saturated heterocycles. The Morgan fingerprint density at radius 1 is 1.09 bits per heavy atom. The van der Waals surface area contributed by atoms with Gasteiger partial charge in [0, 0.05) is 17.5 Å². The summed E-state index contributed by atoms with van der Waals surface area (Å²) >= 11 is 0. The summed E-state index contributed by atoms with van der Waals surface area (Å²) in [5, 5.41) is 20.0. The second kappa shape index (κ2) is 9.82. The van der Waals surface area contributed by atoms with Crippen LogP contribution in [0.15, 0.2) is 42.5 Å². The van der Waals surface area contributed by atoms with Crippen LogP contribution in [0.4, 0.5) is 4.39 Å². The second-order valence-corrected chi connectivity index (χ2v) is 11.2. The number of hydrogen-bond acceptors (Lipinski definition) is 4. The molecule has 0 fully saturated rings. The number of carboxylic acid groups (broad SMARTS) is 1. The van der Waals surface area contributed by atoms with Crippen LogP contribution in [-0.4, -0.2) is 31.2 Å². The highest BCUT2D eigenvalue weighted by molar-refractivity contribution is 7.41. The van der Waals surface area contributed by atoms with Crippen molar-refractivity contribution in [1.82, 2.24) is 4.98 Å². The summed E-state index contributed by atoms with van der Waals surface area (Å²) < 4.78 is 26.3. The molecule has 176 valence electrons. The summed E-state index contributed by atoms with van der Waals surface area (Å²) in [4.78, 5) is 27.6. The van der Waals surface area contributed by atoms with E-state index in [1.165, 1.54) is 30.3 Å². The highest BCUT2D eigenvalue weighted by Crippen LogP contribution is 2.53. The van der Waals surface area contributed by atoms with Crippen molar-refractivity contribution < 1.29 is 28.9 Å². The molecular formula is C24H33FNO5P. The molecule has 0 radical (unpaired) electrons. The molecule has 1 heterocycles. The minimum absolute atomic E-state index is 0.00723. The van der Waals surface area contributed by atoms with Crippen LogP contribution < -0.4 is 0 Å². The maximum absolute atomic E-state index is 13.5. The van der Waals surface area contributed by atoms with E-state index in [0.717, 1.165) is 0 Å². The van der Waals surface area contributed by atoms with Crippen molar-refractivity contribution in [3.8, 4) is 0 Å². The van der Waals surface area contributed by atoms with Gasteiger partial charge >= 0.3 is 5.97 Å². The van der Waals surface area contributed by atoms with Crippen LogP contribution in [0.2, 0.25) is 0 Å². The van der Waals surface area contributed by atoms with E-state index >= 15 is 0 Å².